The summed E-state index contributed by atoms with van der Waals surface area (Å²) in [6.07, 6.45) is 1.46. The van der Waals surface area contributed by atoms with Crippen LogP contribution >= 0.6 is 15.9 Å². The molecular weight excluding hydrogens is 458 g/mol. The molecular formula is C19H18BrN5O5. The molecule has 3 rings (SSSR count). The third kappa shape index (κ3) is 4.92. The van der Waals surface area contributed by atoms with Crippen molar-refractivity contribution in [2.24, 2.45) is 0 Å². The molecule has 0 atom stereocenters. The summed E-state index contributed by atoms with van der Waals surface area (Å²) in [5, 5.41) is 18.1. The Morgan fingerprint density at radius 3 is 2.63 bits per heavy atom. The maximum absolute atomic E-state index is 12.7. The number of anilines is 1. The van der Waals surface area contributed by atoms with Crippen molar-refractivity contribution in [1.29, 1.82) is 0 Å². The zero-order valence-corrected chi connectivity index (χ0v) is 17.7. The maximum Gasteiger partial charge on any atom is 0.286 e. The Hall–Kier alpha value is -3.47. The van der Waals surface area contributed by atoms with Gasteiger partial charge < -0.3 is 9.47 Å². The van der Waals surface area contributed by atoms with Gasteiger partial charge >= 0.3 is 0 Å². The molecule has 0 saturated heterocycles. The van der Waals surface area contributed by atoms with Crippen LogP contribution in [0.5, 0.6) is 11.5 Å². The number of nitrogens with zero attached hydrogens (tertiary/aromatic N) is 4. The molecule has 0 unspecified atom stereocenters. The molecule has 0 bridgehead atoms. The summed E-state index contributed by atoms with van der Waals surface area (Å²) in [5.41, 5.74) is 0.392. The second-order valence-electron chi connectivity index (χ2n) is 6.06. The van der Waals surface area contributed by atoms with E-state index in [9.17, 15) is 14.9 Å². The van der Waals surface area contributed by atoms with E-state index in [0.29, 0.717) is 13.2 Å². The summed E-state index contributed by atoms with van der Waals surface area (Å²) in [6, 6.07) is 10.1. The molecule has 11 heteroatoms. The molecule has 0 saturated carbocycles. The SMILES string of the molecule is CCOc1cc(C(=O)Nc2ncn(Cc3ccc(Br)cc3)n2)c([N+](=O)[O-])cc1OC. The zero-order valence-electron chi connectivity index (χ0n) is 16.2. The highest BCUT2D eigenvalue weighted by Crippen LogP contribution is 2.35. The summed E-state index contributed by atoms with van der Waals surface area (Å²) in [4.78, 5) is 27.5. The van der Waals surface area contributed by atoms with Crippen molar-refractivity contribution in [2.75, 3.05) is 19.0 Å². The van der Waals surface area contributed by atoms with Crippen molar-refractivity contribution in [3.05, 3.63) is 68.4 Å². The molecule has 1 N–H and O–H groups in total. The number of amides is 1. The van der Waals surface area contributed by atoms with E-state index in [4.69, 9.17) is 9.47 Å². The molecule has 156 valence electrons. The Kier molecular flexibility index (Phi) is 6.62. The first-order chi connectivity index (χ1) is 14.4. The number of hydrogen-bond donors (Lipinski definition) is 1. The van der Waals surface area contributed by atoms with Crippen LogP contribution in [0.15, 0.2) is 47.2 Å². The normalized spacial score (nSPS) is 10.5. The van der Waals surface area contributed by atoms with Crippen LogP contribution in [0, 0.1) is 10.1 Å². The van der Waals surface area contributed by atoms with Crippen LogP contribution in [0.4, 0.5) is 11.6 Å². The van der Waals surface area contributed by atoms with E-state index in [0.717, 1.165) is 16.1 Å². The third-order valence-corrected chi connectivity index (χ3v) is 4.57. The number of halogens is 1. The van der Waals surface area contributed by atoms with Crippen LogP contribution in [0.1, 0.15) is 22.8 Å². The van der Waals surface area contributed by atoms with Crippen molar-refractivity contribution in [3.8, 4) is 11.5 Å². The van der Waals surface area contributed by atoms with E-state index < -0.39 is 16.5 Å². The number of rotatable bonds is 8. The fourth-order valence-electron chi connectivity index (χ4n) is 2.68. The number of carbonyl (C=O) groups excluding carboxylic acids is 1. The summed E-state index contributed by atoms with van der Waals surface area (Å²) in [5.74, 6) is -0.312. The predicted octanol–water partition coefficient (Wildman–Crippen LogP) is 3.66. The maximum atomic E-state index is 12.7. The van der Waals surface area contributed by atoms with E-state index in [1.165, 1.54) is 19.5 Å². The highest BCUT2D eigenvalue weighted by molar-refractivity contribution is 9.10. The zero-order chi connectivity index (χ0) is 21.7. The minimum absolute atomic E-state index is 0.0280. The Morgan fingerprint density at radius 2 is 2.00 bits per heavy atom. The molecule has 0 radical (unpaired) electrons. The summed E-state index contributed by atoms with van der Waals surface area (Å²) < 4.78 is 13.0. The van der Waals surface area contributed by atoms with E-state index in [-0.39, 0.29) is 23.0 Å². The number of carbonyl (C=O) groups is 1. The molecule has 0 spiro atoms. The number of nitro benzene ring substituents is 1. The van der Waals surface area contributed by atoms with Crippen molar-refractivity contribution in [2.45, 2.75) is 13.5 Å². The first kappa shape index (κ1) is 21.2. The summed E-state index contributed by atoms with van der Waals surface area (Å²) in [7, 11) is 1.36. The first-order valence-electron chi connectivity index (χ1n) is 8.85. The topological polar surface area (TPSA) is 121 Å². The van der Waals surface area contributed by atoms with Gasteiger partial charge in [-0.2, -0.15) is 0 Å². The number of ether oxygens (including phenoxy) is 2. The van der Waals surface area contributed by atoms with Crippen LogP contribution in [0.2, 0.25) is 0 Å². The molecule has 1 heterocycles. The van der Waals surface area contributed by atoms with Gasteiger partial charge in [0.1, 0.15) is 11.9 Å². The van der Waals surface area contributed by atoms with Gasteiger partial charge in [0, 0.05) is 10.5 Å². The van der Waals surface area contributed by atoms with Crippen molar-refractivity contribution in [1.82, 2.24) is 14.8 Å². The molecule has 3 aromatic rings. The van der Waals surface area contributed by atoms with Crippen LogP contribution in [-0.2, 0) is 6.54 Å². The molecule has 2 aromatic carbocycles. The summed E-state index contributed by atoms with van der Waals surface area (Å²) in [6.45, 7) is 2.51. The number of methoxy groups -OCH3 is 1. The van der Waals surface area contributed by atoms with E-state index in [2.05, 4.69) is 31.3 Å². The van der Waals surface area contributed by atoms with Crippen LogP contribution in [0.3, 0.4) is 0 Å². The second kappa shape index (κ2) is 9.35. The van der Waals surface area contributed by atoms with E-state index in [1.54, 1.807) is 11.6 Å². The lowest BCUT2D eigenvalue weighted by atomic mass is 10.1. The monoisotopic (exact) mass is 475 g/mol. The van der Waals surface area contributed by atoms with Gasteiger partial charge in [0.15, 0.2) is 11.5 Å². The predicted molar refractivity (Wildman–Crippen MR) is 112 cm³/mol. The lowest BCUT2D eigenvalue weighted by molar-refractivity contribution is -0.385. The lowest BCUT2D eigenvalue weighted by Crippen LogP contribution is -2.16. The van der Waals surface area contributed by atoms with Gasteiger partial charge in [-0.1, -0.05) is 28.1 Å². The van der Waals surface area contributed by atoms with Crippen LogP contribution in [-0.4, -0.2) is 39.3 Å². The number of hydrogen-bond acceptors (Lipinski definition) is 7. The minimum atomic E-state index is -0.730. The van der Waals surface area contributed by atoms with Crippen molar-refractivity contribution < 1.29 is 19.2 Å². The Bertz CT molecular complexity index is 1070. The number of benzene rings is 2. The molecule has 0 aliphatic carbocycles. The van der Waals surface area contributed by atoms with Crippen LogP contribution in [0.25, 0.3) is 0 Å². The van der Waals surface area contributed by atoms with Gasteiger partial charge in [0.25, 0.3) is 11.6 Å². The number of aromatic nitrogens is 3. The average molecular weight is 476 g/mol. The van der Waals surface area contributed by atoms with Gasteiger partial charge in [-0.3, -0.25) is 20.2 Å². The fraction of sp³-hybridized carbons (Fsp3) is 0.211. The first-order valence-corrected chi connectivity index (χ1v) is 9.65. The molecule has 1 amide bonds. The van der Waals surface area contributed by atoms with E-state index in [1.807, 2.05) is 24.3 Å². The minimum Gasteiger partial charge on any atom is -0.493 e. The highest BCUT2D eigenvalue weighted by atomic mass is 79.9. The van der Waals surface area contributed by atoms with Crippen molar-refractivity contribution >= 4 is 33.5 Å². The quantitative estimate of drug-likeness (QED) is 0.389. The molecule has 0 aliphatic heterocycles. The number of nitrogens with one attached hydrogen (secondary N) is 1. The van der Waals surface area contributed by atoms with Gasteiger partial charge in [0.05, 0.1) is 31.3 Å². The lowest BCUT2D eigenvalue weighted by Gasteiger charge is -2.11. The van der Waals surface area contributed by atoms with Gasteiger partial charge in [-0.05, 0) is 24.6 Å². The summed E-state index contributed by atoms with van der Waals surface area (Å²) >= 11 is 3.38. The largest absolute Gasteiger partial charge is 0.493 e. The van der Waals surface area contributed by atoms with E-state index >= 15 is 0 Å². The highest BCUT2D eigenvalue weighted by Gasteiger charge is 2.25. The fourth-order valence-corrected chi connectivity index (χ4v) is 2.95. The molecule has 0 aliphatic rings. The van der Waals surface area contributed by atoms with Gasteiger partial charge in [-0.15, -0.1) is 5.10 Å². The average Bonchev–Trinajstić information content (AvgIpc) is 3.16. The molecule has 10 nitrogen and oxygen atoms in total. The van der Waals surface area contributed by atoms with Crippen molar-refractivity contribution in [3.63, 3.8) is 0 Å². The Balaban J connectivity index is 1.81. The second-order valence-corrected chi connectivity index (χ2v) is 6.97. The van der Waals surface area contributed by atoms with Gasteiger partial charge in [-0.25, -0.2) is 9.67 Å². The molecule has 0 fully saturated rings. The molecule has 1 aromatic heterocycles. The van der Waals surface area contributed by atoms with Crippen LogP contribution < -0.4 is 14.8 Å². The standard InChI is InChI=1S/C19H18BrN5O5/c1-3-30-17-8-14(15(25(27)28)9-16(17)29-2)18(26)22-19-21-11-24(23-19)10-12-4-6-13(20)7-5-12/h4-9,11H,3,10H2,1-2H3,(H,22,23,26). The Labute approximate surface area is 180 Å². The number of nitro groups is 1. The smallest absolute Gasteiger partial charge is 0.286 e. The third-order valence-electron chi connectivity index (χ3n) is 4.04. The van der Waals surface area contributed by atoms with Gasteiger partial charge in [0.2, 0.25) is 5.95 Å². The molecule has 30 heavy (non-hydrogen) atoms. The Morgan fingerprint density at radius 1 is 1.27 bits per heavy atom.